The van der Waals surface area contributed by atoms with Crippen molar-refractivity contribution in [3.05, 3.63) is 66.2 Å². The van der Waals surface area contributed by atoms with Crippen molar-refractivity contribution in [2.75, 3.05) is 17.2 Å². The Hall–Kier alpha value is -3.35. The second kappa shape index (κ2) is 7.96. The number of rotatable bonds is 7. The Morgan fingerprint density at radius 1 is 1.12 bits per heavy atom. The number of anilines is 2. The van der Waals surface area contributed by atoms with E-state index in [0.29, 0.717) is 30.4 Å². The third-order valence-electron chi connectivity index (χ3n) is 3.36. The highest BCUT2D eigenvalue weighted by atomic mass is 16.5. The molecule has 0 aliphatic carbocycles. The normalized spacial score (nSPS) is 10.3. The molecule has 128 valence electrons. The van der Waals surface area contributed by atoms with Crippen LogP contribution in [-0.4, -0.2) is 22.7 Å². The van der Waals surface area contributed by atoms with Crippen LogP contribution >= 0.6 is 0 Å². The van der Waals surface area contributed by atoms with Crippen LogP contribution in [0.4, 0.5) is 11.5 Å². The number of nitrogens with one attached hydrogen (secondary N) is 2. The minimum Gasteiger partial charge on any atom is -0.492 e. The molecule has 0 fully saturated rings. The average molecular weight is 338 g/mol. The molecule has 0 saturated carbocycles. The standard InChI is InChI=1S/C18H18N4O3/c1-2-24-16-8-4-3-7-14(16)20-18(23)15-9-10-17(22-21-15)19-12-13-6-5-11-25-13/h3-11H,2,12H2,1H3,(H,19,22)(H,20,23). The predicted molar refractivity (Wildman–Crippen MR) is 93.6 cm³/mol. The maximum absolute atomic E-state index is 12.3. The van der Waals surface area contributed by atoms with E-state index in [1.54, 1.807) is 30.5 Å². The Bertz CT molecular complexity index is 817. The summed E-state index contributed by atoms with van der Waals surface area (Å²) in [6.45, 7) is 2.90. The number of carbonyl (C=O) groups excluding carboxylic acids is 1. The van der Waals surface area contributed by atoms with Gasteiger partial charge in [-0.25, -0.2) is 0 Å². The van der Waals surface area contributed by atoms with E-state index in [0.717, 1.165) is 5.76 Å². The van der Waals surface area contributed by atoms with E-state index >= 15 is 0 Å². The summed E-state index contributed by atoms with van der Waals surface area (Å²) in [5.74, 6) is 1.61. The zero-order valence-corrected chi connectivity index (χ0v) is 13.7. The summed E-state index contributed by atoms with van der Waals surface area (Å²) < 4.78 is 10.7. The van der Waals surface area contributed by atoms with Gasteiger partial charge in [0.1, 0.15) is 17.3 Å². The van der Waals surface area contributed by atoms with Crippen LogP contribution in [0, 0.1) is 0 Å². The van der Waals surface area contributed by atoms with Gasteiger partial charge in [0.05, 0.1) is 25.1 Å². The van der Waals surface area contributed by atoms with Crippen LogP contribution in [0.5, 0.6) is 5.75 Å². The second-order valence-electron chi connectivity index (χ2n) is 5.12. The summed E-state index contributed by atoms with van der Waals surface area (Å²) in [5, 5.41) is 13.8. The monoisotopic (exact) mass is 338 g/mol. The first kappa shape index (κ1) is 16.5. The van der Waals surface area contributed by atoms with Crippen molar-refractivity contribution in [3.8, 4) is 5.75 Å². The fourth-order valence-corrected chi connectivity index (χ4v) is 2.18. The van der Waals surface area contributed by atoms with E-state index in [1.165, 1.54) is 0 Å². The summed E-state index contributed by atoms with van der Waals surface area (Å²) in [6.07, 6.45) is 1.61. The largest absolute Gasteiger partial charge is 0.492 e. The molecule has 0 unspecified atom stereocenters. The maximum atomic E-state index is 12.3. The van der Waals surface area contributed by atoms with Gasteiger partial charge >= 0.3 is 0 Å². The predicted octanol–water partition coefficient (Wildman–Crippen LogP) is 3.33. The van der Waals surface area contributed by atoms with E-state index < -0.39 is 0 Å². The van der Waals surface area contributed by atoms with Crippen LogP contribution in [0.15, 0.2) is 59.2 Å². The molecular formula is C18H18N4O3. The highest BCUT2D eigenvalue weighted by molar-refractivity contribution is 6.03. The van der Waals surface area contributed by atoms with Crippen LogP contribution in [0.3, 0.4) is 0 Å². The first-order valence-electron chi connectivity index (χ1n) is 7.89. The molecule has 25 heavy (non-hydrogen) atoms. The number of nitrogens with zero attached hydrogens (tertiary/aromatic N) is 2. The van der Waals surface area contributed by atoms with Gasteiger partial charge in [0.2, 0.25) is 0 Å². The summed E-state index contributed by atoms with van der Waals surface area (Å²) in [6, 6.07) is 14.2. The van der Waals surface area contributed by atoms with E-state index in [4.69, 9.17) is 9.15 Å². The van der Waals surface area contributed by atoms with Crippen LogP contribution in [0.2, 0.25) is 0 Å². The van der Waals surface area contributed by atoms with Gasteiger partial charge in [-0.15, -0.1) is 10.2 Å². The Kier molecular flexibility index (Phi) is 5.26. The molecule has 1 amide bonds. The lowest BCUT2D eigenvalue weighted by molar-refractivity contribution is 0.102. The zero-order chi connectivity index (χ0) is 17.5. The number of hydrogen-bond acceptors (Lipinski definition) is 6. The molecule has 3 rings (SSSR count). The van der Waals surface area contributed by atoms with E-state index in [2.05, 4.69) is 20.8 Å². The fraction of sp³-hybridized carbons (Fsp3) is 0.167. The quantitative estimate of drug-likeness (QED) is 0.687. The van der Waals surface area contributed by atoms with Gasteiger partial charge < -0.3 is 19.8 Å². The Balaban J connectivity index is 1.62. The lowest BCUT2D eigenvalue weighted by atomic mass is 10.2. The molecule has 7 heteroatoms. The molecule has 0 saturated heterocycles. The lowest BCUT2D eigenvalue weighted by Gasteiger charge is -2.10. The van der Waals surface area contributed by atoms with Gasteiger partial charge in [-0.1, -0.05) is 12.1 Å². The zero-order valence-electron chi connectivity index (χ0n) is 13.7. The minimum atomic E-state index is -0.350. The van der Waals surface area contributed by atoms with Gasteiger partial charge in [-0.3, -0.25) is 4.79 Å². The summed E-state index contributed by atoms with van der Waals surface area (Å²) in [7, 11) is 0. The minimum absolute atomic E-state index is 0.217. The van der Waals surface area contributed by atoms with Crippen LogP contribution < -0.4 is 15.4 Å². The average Bonchev–Trinajstić information content (AvgIpc) is 3.16. The summed E-state index contributed by atoms with van der Waals surface area (Å²) in [4.78, 5) is 12.3. The molecule has 2 heterocycles. The molecule has 1 aromatic carbocycles. The van der Waals surface area contributed by atoms with Crippen LogP contribution in [-0.2, 0) is 6.54 Å². The van der Waals surface area contributed by atoms with Crippen LogP contribution in [0.25, 0.3) is 0 Å². The molecule has 0 radical (unpaired) electrons. The van der Waals surface area contributed by atoms with Gasteiger partial charge in [0.15, 0.2) is 5.69 Å². The fourth-order valence-electron chi connectivity index (χ4n) is 2.18. The highest BCUT2D eigenvalue weighted by Crippen LogP contribution is 2.24. The van der Waals surface area contributed by atoms with Crippen molar-refractivity contribution < 1.29 is 13.9 Å². The molecule has 0 atom stereocenters. The van der Waals surface area contributed by atoms with Gasteiger partial charge in [0.25, 0.3) is 5.91 Å². The SMILES string of the molecule is CCOc1ccccc1NC(=O)c1ccc(NCc2ccco2)nn1. The number of amides is 1. The van der Waals surface area contributed by atoms with Gasteiger partial charge in [0, 0.05) is 0 Å². The molecule has 0 aliphatic heterocycles. The number of furan rings is 1. The molecule has 3 aromatic rings. The molecule has 0 spiro atoms. The maximum Gasteiger partial charge on any atom is 0.276 e. The number of benzene rings is 1. The third kappa shape index (κ3) is 4.35. The second-order valence-corrected chi connectivity index (χ2v) is 5.12. The molecule has 0 bridgehead atoms. The lowest BCUT2D eigenvalue weighted by Crippen LogP contribution is -2.15. The van der Waals surface area contributed by atoms with Crippen molar-refractivity contribution in [2.24, 2.45) is 0 Å². The van der Waals surface area contributed by atoms with Crippen molar-refractivity contribution in [1.82, 2.24) is 10.2 Å². The van der Waals surface area contributed by atoms with Gasteiger partial charge in [-0.05, 0) is 43.3 Å². The Labute approximate surface area is 145 Å². The van der Waals surface area contributed by atoms with E-state index in [-0.39, 0.29) is 11.6 Å². The van der Waals surface area contributed by atoms with E-state index in [1.807, 2.05) is 31.2 Å². The third-order valence-corrected chi connectivity index (χ3v) is 3.36. The number of carbonyl (C=O) groups is 1. The summed E-state index contributed by atoms with van der Waals surface area (Å²) in [5.41, 5.74) is 0.811. The van der Waals surface area contributed by atoms with Crippen LogP contribution in [0.1, 0.15) is 23.2 Å². The number of ether oxygens (including phenoxy) is 1. The van der Waals surface area contributed by atoms with Crippen molar-refractivity contribution in [2.45, 2.75) is 13.5 Å². The molecule has 2 N–H and O–H groups in total. The Morgan fingerprint density at radius 3 is 2.72 bits per heavy atom. The first-order chi connectivity index (χ1) is 12.3. The smallest absolute Gasteiger partial charge is 0.276 e. The highest BCUT2D eigenvalue weighted by Gasteiger charge is 2.11. The first-order valence-corrected chi connectivity index (χ1v) is 7.89. The number of hydrogen-bond donors (Lipinski definition) is 2. The molecule has 2 aromatic heterocycles. The van der Waals surface area contributed by atoms with Gasteiger partial charge in [-0.2, -0.15) is 0 Å². The molecule has 0 aliphatic rings. The number of aromatic nitrogens is 2. The van der Waals surface area contributed by atoms with Crippen molar-refractivity contribution in [3.63, 3.8) is 0 Å². The Morgan fingerprint density at radius 2 is 2.00 bits per heavy atom. The topological polar surface area (TPSA) is 89.3 Å². The van der Waals surface area contributed by atoms with E-state index in [9.17, 15) is 4.79 Å². The van der Waals surface area contributed by atoms with Crippen molar-refractivity contribution >= 4 is 17.4 Å². The number of para-hydroxylation sites is 2. The molecular weight excluding hydrogens is 320 g/mol. The van der Waals surface area contributed by atoms with Crippen molar-refractivity contribution in [1.29, 1.82) is 0 Å². The molecule has 7 nitrogen and oxygen atoms in total. The summed E-state index contributed by atoms with van der Waals surface area (Å²) >= 11 is 0.